The summed E-state index contributed by atoms with van der Waals surface area (Å²) >= 11 is 1.68. The minimum absolute atomic E-state index is 0.690. The molecule has 6 heteroatoms. The van der Waals surface area contributed by atoms with Gasteiger partial charge in [0.15, 0.2) is 0 Å². The molecule has 0 aliphatic rings. The lowest BCUT2D eigenvalue weighted by atomic mass is 10.0. The molecule has 0 fully saturated rings. The number of pyridine rings is 1. The molecular formula is C23H31N3O2S. The van der Waals surface area contributed by atoms with Crippen molar-refractivity contribution < 1.29 is 9.47 Å². The van der Waals surface area contributed by atoms with Crippen molar-refractivity contribution in [1.29, 1.82) is 0 Å². The van der Waals surface area contributed by atoms with Crippen molar-refractivity contribution in [2.75, 3.05) is 45.1 Å². The molecule has 1 aromatic carbocycles. The Morgan fingerprint density at radius 1 is 1.14 bits per heavy atom. The van der Waals surface area contributed by atoms with E-state index in [-0.39, 0.29) is 0 Å². The minimum Gasteiger partial charge on any atom is -0.496 e. The molecule has 29 heavy (non-hydrogen) atoms. The first-order chi connectivity index (χ1) is 14.0. The molecule has 0 unspecified atom stereocenters. The maximum absolute atomic E-state index is 5.74. The van der Waals surface area contributed by atoms with Crippen LogP contribution in [0.2, 0.25) is 0 Å². The number of methoxy groups -OCH3 is 2. The largest absolute Gasteiger partial charge is 0.496 e. The van der Waals surface area contributed by atoms with E-state index < -0.39 is 0 Å². The van der Waals surface area contributed by atoms with Gasteiger partial charge in [-0.15, -0.1) is 11.8 Å². The summed E-state index contributed by atoms with van der Waals surface area (Å²) in [6.07, 6.45) is 3.16. The Bertz CT molecular complexity index is 984. The van der Waals surface area contributed by atoms with Gasteiger partial charge in [-0.2, -0.15) is 5.10 Å². The zero-order chi connectivity index (χ0) is 21.0. The first kappa shape index (κ1) is 21.5. The van der Waals surface area contributed by atoms with E-state index in [0.29, 0.717) is 6.61 Å². The number of hydrogen-bond donors (Lipinski definition) is 0. The van der Waals surface area contributed by atoms with Crippen molar-refractivity contribution in [3.05, 3.63) is 41.5 Å². The van der Waals surface area contributed by atoms with E-state index in [1.807, 2.05) is 0 Å². The summed E-state index contributed by atoms with van der Waals surface area (Å²) in [6, 6.07) is 10.7. The van der Waals surface area contributed by atoms with E-state index in [2.05, 4.69) is 66.8 Å². The molecule has 0 atom stereocenters. The fourth-order valence-electron chi connectivity index (χ4n) is 3.88. The molecule has 3 aromatic rings. The number of hydrogen-bond acceptors (Lipinski definition) is 5. The molecule has 0 spiro atoms. The first-order valence-electron chi connectivity index (χ1n) is 10.0. The third-order valence-corrected chi connectivity index (χ3v) is 5.75. The van der Waals surface area contributed by atoms with Crippen LogP contribution in [-0.2, 0) is 4.74 Å². The average Bonchev–Trinajstić information content (AvgIpc) is 3.09. The van der Waals surface area contributed by atoms with Crippen molar-refractivity contribution in [1.82, 2.24) is 9.61 Å². The number of benzene rings is 1. The van der Waals surface area contributed by atoms with Crippen LogP contribution >= 0.6 is 11.8 Å². The fourth-order valence-corrected chi connectivity index (χ4v) is 4.48. The van der Waals surface area contributed by atoms with Crippen LogP contribution in [0.3, 0.4) is 0 Å². The molecule has 0 radical (unpaired) electrons. The lowest BCUT2D eigenvalue weighted by molar-refractivity contribution is 0.205. The highest BCUT2D eigenvalue weighted by molar-refractivity contribution is 7.98. The van der Waals surface area contributed by atoms with Crippen LogP contribution in [0.15, 0.2) is 35.4 Å². The van der Waals surface area contributed by atoms with Crippen molar-refractivity contribution in [2.24, 2.45) is 0 Å². The molecule has 0 saturated carbocycles. The van der Waals surface area contributed by atoms with E-state index in [0.717, 1.165) is 47.1 Å². The van der Waals surface area contributed by atoms with Crippen molar-refractivity contribution in [3.63, 3.8) is 0 Å². The van der Waals surface area contributed by atoms with Crippen molar-refractivity contribution in [2.45, 2.75) is 32.2 Å². The smallest absolute Gasteiger partial charge is 0.142 e. The maximum Gasteiger partial charge on any atom is 0.142 e. The Morgan fingerprint density at radius 3 is 2.59 bits per heavy atom. The van der Waals surface area contributed by atoms with Crippen LogP contribution in [-0.4, -0.2) is 49.8 Å². The Morgan fingerprint density at radius 2 is 1.93 bits per heavy atom. The number of fused-ring (bicyclic) bond motifs is 1. The van der Waals surface area contributed by atoms with E-state index in [1.54, 1.807) is 26.0 Å². The Balaban J connectivity index is 2.25. The molecular weight excluding hydrogens is 382 g/mol. The van der Waals surface area contributed by atoms with Crippen LogP contribution in [0, 0.1) is 13.8 Å². The summed E-state index contributed by atoms with van der Waals surface area (Å²) in [7, 11) is 3.48. The Kier molecular flexibility index (Phi) is 7.09. The molecule has 2 aromatic heterocycles. The van der Waals surface area contributed by atoms with Gasteiger partial charge in [0, 0.05) is 25.8 Å². The van der Waals surface area contributed by atoms with E-state index in [1.165, 1.54) is 16.8 Å². The van der Waals surface area contributed by atoms with Crippen LogP contribution < -0.4 is 9.64 Å². The highest BCUT2D eigenvalue weighted by atomic mass is 32.2. The number of nitrogens with zero attached hydrogens (tertiary/aromatic N) is 3. The van der Waals surface area contributed by atoms with Gasteiger partial charge in [0.2, 0.25) is 0 Å². The number of rotatable bonds is 9. The predicted molar refractivity (Wildman–Crippen MR) is 123 cm³/mol. The third-order valence-electron chi connectivity index (χ3n) is 5.09. The highest BCUT2D eigenvalue weighted by Gasteiger charge is 2.21. The molecule has 0 bridgehead atoms. The summed E-state index contributed by atoms with van der Waals surface area (Å²) < 4.78 is 13.2. The van der Waals surface area contributed by atoms with Crippen LogP contribution in [0.5, 0.6) is 5.75 Å². The maximum atomic E-state index is 5.74. The summed E-state index contributed by atoms with van der Waals surface area (Å²) in [5, 5.41) is 6.03. The summed E-state index contributed by atoms with van der Waals surface area (Å²) in [6.45, 7) is 8.93. The number of thioether (sulfide) groups is 1. The highest BCUT2D eigenvalue weighted by Crippen LogP contribution is 2.39. The Hall–Kier alpha value is -2.18. The van der Waals surface area contributed by atoms with Gasteiger partial charge in [-0.25, -0.2) is 4.52 Å². The zero-order valence-corrected chi connectivity index (χ0v) is 19.1. The molecule has 0 aliphatic carbocycles. The van der Waals surface area contributed by atoms with Crippen LogP contribution in [0.25, 0.3) is 16.8 Å². The lowest BCUT2D eigenvalue weighted by Gasteiger charge is -2.24. The standard InChI is InChI=1S/C23H31N3O2S/c1-7-11-25(12-13-27-4)22-19-10-8-9-18(26(19)24-23(22)29-6)21-17(3)14-16(2)15-20(21)28-5/h8-10,14-15H,7,11-13H2,1-6H3. The zero-order valence-electron chi connectivity index (χ0n) is 18.3. The van der Waals surface area contributed by atoms with Gasteiger partial charge in [0.25, 0.3) is 0 Å². The lowest BCUT2D eigenvalue weighted by Crippen LogP contribution is -2.28. The molecule has 3 rings (SSSR count). The molecule has 5 nitrogen and oxygen atoms in total. The SMILES string of the molecule is CCCN(CCOC)c1c(SC)nn2c(-c3c(C)cc(C)cc3OC)cccc12. The van der Waals surface area contributed by atoms with Gasteiger partial charge in [-0.3, -0.25) is 0 Å². The summed E-state index contributed by atoms with van der Waals surface area (Å²) in [5.74, 6) is 0.877. The molecule has 0 amide bonds. The first-order valence-corrected chi connectivity index (χ1v) is 11.2. The average molecular weight is 414 g/mol. The number of anilines is 1. The van der Waals surface area contributed by atoms with E-state index in [4.69, 9.17) is 14.6 Å². The van der Waals surface area contributed by atoms with E-state index >= 15 is 0 Å². The van der Waals surface area contributed by atoms with Gasteiger partial charge >= 0.3 is 0 Å². The van der Waals surface area contributed by atoms with Gasteiger partial charge in [0.05, 0.1) is 30.6 Å². The summed E-state index contributed by atoms with van der Waals surface area (Å²) in [5.41, 5.74) is 6.79. The van der Waals surface area contributed by atoms with Crippen molar-refractivity contribution >= 4 is 23.0 Å². The van der Waals surface area contributed by atoms with Crippen LogP contribution in [0.4, 0.5) is 5.69 Å². The number of ether oxygens (including phenoxy) is 2. The second-order valence-corrected chi connectivity index (χ2v) is 8.00. The third kappa shape index (κ3) is 4.23. The monoisotopic (exact) mass is 413 g/mol. The van der Waals surface area contributed by atoms with Crippen molar-refractivity contribution in [3.8, 4) is 17.0 Å². The van der Waals surface area contributed by atoms with Gasteiger partial charge in [-0.05, 0) is 55.9 Å². The second-order valence-electron chi connectivity index (χ2n) is 7.20. The fraction of sp³-hybridized carbons (Fsp3) is 0.435. The normalized spacial score (nSPS) is 11.2. The quantitative estimate of drug-likeness (QED) is 0.450. The topological polar surface area (TPSA) is 39.0 Å². The summed E-state index contributed by atoms with van der Waals surface area (Å²) in [4.78, 5) is 2.39. The molecule has 0 aliphatic heterocycles. The number of aryl methyl sites for hydroxylation is 2. The van der Waals surface area contributed by atoms with E-state index in [9.17, 15) is 0 Å². The van der Waals surface area contributed by atoms with Gasteiger partial charge in [-0.1, -0.05) is 19.1 Å². The number of aromatic nitrogens is 2. The second kappa shape index (κ2) is 9.55. The molecule has 0 saturated heterocycles. The predicted octanol–water partition coefficient (Wildman–Crippen LogP) is 5.21. The van der Waals surface area contributed by atoms with Gasteiger partial charge in [0.1, 0.15) is 10.8 Å². The Labute approximate surface area is 178 Å². The minimum atomic E-state index is 0.690. The van der Waals surface area contributed by atoms with Crippen LogP contribution in [0.1, 0.15) is 24.5 Å². The van der Waals surface area contributed by atoms with Gasteiger partial charge < -0.3 is 14.4 Å². The molecule has 156 valence electrons. The molecule has 0 N–H and O–H groups in total. The molecule has 2 heterocycles.